The van der Waals surface area contributed by atoms with Crippen molar-refractivity contribution in [2.45, 2.75) is 24.4 Å². The van der Waals surface area contributed by atoms with Crippen LogP contribution in [0.15, 0.2) is 0 Å². The van der Waals surface area contributed by atoms with E-state index in [1.165, 1.54) is 0 Å². The number of amides is 1. The van der Waals surface area contributed by atoms with E-state index in [0.717, 1.165) is 0 Å². The predicted molar refractivity (Wildman–Crippen MR) is 50.2 cm³/mol. The first-order valence-corrected chi connectivity index (χ1v) is 4.41. The molecule has 16 heavy (non-hydrogen) atoms. The third kappa shape index (κ3) is 4.21. The van der Waals surface area contributed by atoms with Crippen LogP contribution < -0.4 is 5.32 Å². The normalized spacial score (nSPS) is 19.2. The molecule has 0 radical (unpaired) electrons. The van der Waals surface area contributed by atoms with Crippen LogP contribution in [-0.4, -0.2) is 75.3 Å². The van der Waals surface area contributed by atoms with Gasteiger partial charge in [0.25, 0.3) is 5.91 Å². The highest BCUT2D eigenvalue weighted by molar-refractivity contribution is 5.82. The van der Waals surface area contributed by atoms with Gasteiger partial charge in [0.1, 0.15) is 25.9 Å². The maximum absolute atomic E-state index is 11.1. The molecular formula is C8H15NO7. The lowest BCUT2D eigenvalue weighted by molar-refractivity contribution is -0.149. The Hall–Kier alpha value is -1.06. The van der Waals surface area contributed by atoms with Crippen LogP contribution in [0.5, 0.6) is 0 Å². The Morgan fingerprint density at radius 2 is 1.88 bits per heavy atom. The molecule has 1 amide bonds. The van der Waals surface area contributed by atoms with Gasteiger partial charge in [-0.15, -0.1) is 0 Å². The summed E-state index contributed by atoms with van der Waals surface area (Å²) < 4.78 is 6.48. The maximum atomic E-state index is 11.1. The van der Waals surface area contributed by atoms with Gasteiger partial charge < -0.3 is 35.6 Å². The van der Waals surface area contributed by atoms with E-state index >= 15 is 0 Å². The van der Waals surface area contributed by atoms with E-state index in [1.54, 1.807) is 0 Å². The molecule has 0 saturated heterocycles. The lowest BCUT2D eigenvalue weighted by Gasteiger charge is -2.24. The van der Waals surface area contributed by atoms with E-state index in [4.69, 9.17) is 11.6 Å². The number of aliphatic hydroxyl groups excluding tert-OH is 5. The molecule has 0 saturated carbocycles. The summed E-state index contributed by atoms with van der Waals surface area (Å²) in [5.74, 6) is -1.18. The second-order valence-electron chi connectivity index (χ2n) is 3.04. The van der Waals surface area contributed by atoms with Gasteiger partial charge in [0.2, 0.25) is 0 Å². The van der Waals surface area contributed by atoms with Gasteiger partial charge in [-0.05, 0) is 0 Å². The van der Waals surface area contributed by atoms with Crippen molar-refractivity contribution in [1.29, 1.82) is 0 Å². The Kier molecular flexibility index (Phi) is 5.90. The van der Waals surface area contributed by atoms with Crippen molar-refractivity contribution in [3.63, 3.8) is 0 Å². The van der Waals surface area contributed by atoms with E-state index in [2.05, 4.69) is 0 Å². The van der Waals surface area contributed by atoms with Crippen molar-refractivity contribution in [2.24, 2.45) is 0 Å². The Morgan fingerprint density at radius 3 is 2.31 bits per heavy atom. The van der Waals surface area contributed by atoms with Gasteiger partial charge in [-0.2, -0.15) is 0 Å². The summed E-state index contributed by atoms with van der Waals surface area (Å²) in [6.07, 6.45) is -8.86. The minimum absolute atomic E-state index is 0.652. The highest BCUT2D eigenvalue weighted by atomic mass is 16.4. The topological polar surface area (TPSA) is 147 Å². The fourth-order valence-electron chi connectivity index (χ4n) is 0.905. The Balaban J connectivity index is 4.32. The van der Waals surface area contributed by atoms with Crippen LogP contribution in [0, 0.1) is 0 Å². The molecule has 0 aliphatic rings. The fourth-order valence-corrected chi connectivity index (χ4v) is 0.905. The zero-order chi connectivity index (χ0) is 13.6. The summed E-state index contributed by atoms with van der Waals surface area (Å²) >= 11 is 0. The number of aldehydes is 1. The van der Waals surface area contributed by atoms with Crippen molar-refractivity contribution in [1.82, 2.24) is 5.32 Å². The van der Waals surface area contributed by atoms with Gasteiger partial charge in [-0.3, -0.25) is 4.79 Å². The van der Waals surface area contributed by atoms with Crippen LogP contribution in [-0.2, 0) is 9.59 Å². The number of hydrogen-bond donors (Lipinski definition) is 6. The van der Waals surface area contributed by atoms with Crippen molar-refractivity contribution >= 4 is 12.2 Å². The Bertz CT molecular complexity index is 275. The number of aliphatic hydroxyl groups is 5. The molecule has 0 fully saturated rings. The molecule has 0 bridgehead atoms. The molecule has 0 aliphatic carbocycles. The Morgan fingerprint density at radius 1 is 1.31 bits per heavy atom. The summed E-state index contributed by atoms with van der Waals surface area (Å²) in [6.45, 7) is -1.51. The lowest BCUT2D eigenvalue weighted by Crippen LogP contribution is -2.51. The Labute approximate surface area is 92.5 Å². The van der Waals surface area contributed by atoms with E-state index in [1.807, 2.05) is 5.32 Å². The standard InChI is InChI=1S/C8H15NO7/c10-2-1-9-8(16)7(15)6(14)5(13)4(12)3-11/h2,4-7,11-15H,1,3H2,(H,9,16)/t4-,5-,6+,7-/m1/s1/i2D. The number of carbonyl (C=O) groups excluding carboxylic acids is 2. The zero-order valence-electron chi connectivity index (χ0n) is 9.28. The van der Waals surface area contributed by atoms with E-state index < -0.39 is 49.7 Å². The third-order valence-electron chi connectivity index (χ3n) is 1.86. The van der Waals surface area contributed by atoms with E-state index in [-0.39, 0.29) is 0 Å². The van der Waals surface area contributed by atoms with Crippen LogP contribution in [0.1, 0.15) is 1.37 Å². The maximum Gasteiger partial charge on any atom is 0.252 e. The smallest absolute Gasteiger partial charge is 0.252 e. The average Bonchev–Trinajstić information content (AvgIpc) is 2.31. The molecule has 0 aliphatic heterocycles. The predicted octanol–water partition coefficient (Wildman–Crippen LogP) is -4.26. The van der Waals surface area contributed by atoms with Gasteiger partial charge in [-0.1, -0.05) is 0 Å². The molecule has 0 aromatic heterocycles. The second-order valence-corrected chi connectivity index (χ2v) is 3.04. The first-order chi connectivity index (χ1) is 7.81. The molecule has 0 spiro atoms. The monoisotopic (exact) mass is 238 g/mol. The van der Waals surface area contributed by atoms with Gasteiger partial charge in [0, 0.05) is 0 Å². The van der Waals surface area contributed by atoms with Crippen molar-refractivity contribution in [2.75, 3.05) is 13.2 Å². The van der Waals surface area contributed by atoms with E-state index in [9.17, 15) is 24.9 Å². The van der Waals surface area contributed by atoms with E-state index in [0.29, 0.717) is 0 Å². The van der Waals surface area contributed by atoms with Gasteiger partial charge >= 0.3 is 0 Å². The SMILES string of the molecule is [2H]C(=O)CNC(=O)[C@H](O)[C@@H](O)[C@H](O)[C@H](O)CO. The molecule has 0 aromatic carbocycles. The third-order valence-corrected chi connectivity index (χ3v) is 1.86. The molecule has 8 nitrogen and oxygen atoms in total. The molecule has 4 atom stereocenters. The fraction of sp³-hybridized carbons (Fsp3) is 0.750. The largest absolute Gasteiger partial charge is 0.394 e. The highest BCUT2D eigenvalue weighted by Gasteiger charge is 2.33. The second kappa shape index (κ2) is 7.25. The van der Waals surface area contributed by atoms with Crippen LogP contribution in [0.2, 0.25) is 0 Å². The average molecular weight is 238 g/mol. The summed E-state index contributed by atoms with van der Waals surface area (Å²) in [6, 6.07) is 0. The molecule has 0 aromatic rings. The highest BCUT2D eigenvalue weighted by Crippen LogP contribution is 2.05. The van der Waals surface area contributed by atoms with Crippen LogP contribution in [0.3, 0.4) is 0 Å². The summed E-state index contributed by atoms with van der Waals surface area (Å²) in [4.78, 5) is 21.3. The summed E-state index contributed by atoms with van der Waals surface area (Å²) in [5.41, 5.74) is 0. The summed E-state index contributed by atoms with van der Waals surface area (Å²) in [7, 11) is 0. The molecule has 0 unspecified atom stereocenters. The molecule has 8 heteroatoms. The van der Waals surface area contributed by atoms with Crippen molar-refractivity contribution < 1.29 is 36.5 Å². The molecule has 94 valence electrons. The first-order valence-electron chi connectivity index (χ1n) is 4.91. The summed E-state index contributed by atoms with van der Waals surface area (Å²) in [5, 5.41) is 46.9. The van der Waals surface area contributed by atoms with Crippen LogP contribution in [0.4, 0.5) is 0 Å². The lowest BCUT2D eigenvalue weighted by atomic mass is 10.0. The van der Waals surface area contributed by atoms with Crippen LogP contribution >= 0.6 is 0 Å². The number of nitrogens with one attached hydrogen (secondary N) is 1. The number of rotatable bonds is 7. The molecule has 0 heterocycles. The van der Waals surface area contributed by atoms with Gasteiger partial charge in [-0.25, -0.2) is 0 Å². The van der Waals surface area contributed by atoms with Gasteiger partial charge in [0.15, 0.2) is 6.10 Å². The first kappa shape index (κ1) is 13.0. The molecule has 6 N–H and O–H groups in total. The van der Waals surface area contributed by atoms with Crippen molar-refractivity contribution in [3.05, 3.63) is 0 Å². The quantitative estimate of drug-likeness (QED) is 0.246. The molecule has 0 rings (SSSR count). The van der Waals surface area contributed by atoms with Gasteiger partial charge in [0.05, 0.1) is 13.2 Å². The number of hydrogen-bond acceptors (Lipinski definition) is 7. The minimum Gasteiger partial charge on any atom is -0.394 e. The molecular weight excluding hydrogens is 222 g/mol. The van der Waals surface area contributed by atoms with Crippen LogP contribution in [0.25, 0.3) is 0 Å². The minimum atomic E-state index is -2.09. The zero-order valence-corrected chi connectivity index (χ0v) is 8.28. The van der Waals surface area contributed by atoms with Crippen molar-refractivity contribution in [3.8, 4) is 0 Å². The number of carbonyl (C=O) groups is 2.